The fourth-order valence-corrected chi connectivity index (χ4v) is 3.08. The SMILES string of the molecule is COCCN(CCOC)C(=O)C(C(C)C)N1C(=O)c2ccccc2C1=O. The molecule has 1 aromatic carbocycles. The van der Waals surface area contributed by atoms with Crippen LogP contribution in [0.25, 0.3) is 0 Å². The van der Waals surface area contributed by atoms with E-state index in [0.717, 1.165) is 4.90 Å². The van der Waals surface area contributed by atoms with E-state index in [1.54, 1.807) is 43.4 Å². The molecule has 0 saturated heterocycles. The Labute approximate surface area is 153 Å². The lowest BCUT2D eigenvalue weighted by Crippen LogP contribution is -2.54. The van der Waals surface area contributed by atoms with E-state index in [1.165, 1.54) is 0 Å². The number of nitrogens with zero attached hydrogens (tertiary/aromatic N) is 2. The van der Waals surface area contributed by atoms with Crippen molar-refractivity contribution in [3.63, 3.8) is 0 Å². The van der Waals surface area contributed by atoms with Crippen molar-refractivity contribution in [2.24, 2.45) is 5.92 Å². The van der Waals surface area contributed by atoms with Gasteiger partial charge in [0.2, 0.25) is 5.91 Å². The topological polar surface area (TPSA) is 76.2 Å². The van der Waals surface area contributed by atoms with Gasteiger partial charge in [0.1, 0.15) is 6.04 Å². The first-order valence-electron chi connectivity index (χ1n) is 8.67. The zero-order valence-corrected chi connectivity index (χ0v) is 15.7. The first-order valence-corrected chi connectivity index (χ1v) is 8.67. The third-order valence-electron chi connectivity index (χ3n) is 4.43. The molecule has 1 aliphatic rings. The van der Waals surface area contributed by atoms with Crippen molar-refractivity contribution in [3.05, 3.63) is 35.4 Å². The molecule has 1 atom stereocenters. The van der Waals surface area contributed by atoms with Gasteiger partial charge in [0.05, 0.1) is 24.3 Å². The second-order valence-electron chi connectivity index (χ2n) is 6.53. The van der Waals surface area contributed by atoms with Crippen molar-refractivity contribution < 1.29 is 23.9 Å². The Morgan fingerprint density at radius 1 is 1.00 bits per heavy atom. The lowest BCUT2D eigenvalue weighted by molar-refractivity contribution is -0.138. The third-order valence-corrected chi connectivity index (χ3v) is 4.43. The number of rotatable bonds is 9. The summed E-state index contributed by atoms with van der Waals surface area (Å²) in [6.07, 6.45) is 0. The lowest BCUT2D eigenvalue weighted by atomic mass is 10.0. The Kier molecular flexibility index (Phi) is 6.88. The molecule has 0 saturated carbocycles. The molecule has 0 bridgehead atoms. The molecule has 1 heterocycles. The largest absolute Gasteiger partial charge is 0.383 e. The van der Waals surface area contributed by atoms with Crippen molar-refractivity contribution in [1.82, 2.24) is 9.80 Å². The smallest absolute Gasteiger partial charge is 0.262 e. The maximum atomic E-state index is 13.2. The normalized spacial score (nSPS) is 14.7. The monoisotopic (exact) mass is 362 g/mol. The van der Waals surface area contributed by atoms with Gasteiger partial charge in [-0.15, -0.1) is 0 Å². The number of benzene rings is 1. The van der Waals surface area contributed by atoms with Gasteiger partial charge < -0.3 is 14.4 Å². The number of methoxy groups -OCH3 is 2. The summed E-state index contributed by atoms with van der Waals surface area (Å²) in [5.41, 5.74) is 0.688. The highest BCUT2D eigenvalue weighted by atomic mass is 16.5. The molecular formula is C19H26N2O5. The molecule has 0 N–H and O–H groups in total. The molecule has 142 valence electrons. The summed E-state index contributed by atoms with van der Waals surface area (Å²) in [4.78, 5) is 41.5. The average molecular weight is 362 g/mol. The summed E-state index contributed by atoms with van der Waals surface area (Å²) < 4.78 is 10.2. The molecule has 3 amide bonds. The maximum Gasteiger partial charge on any atom is 0.262 e. The number of amides is 3. The summed E-state index contributed by atoms with van der Waals surface area (Å²) in [6.45, 7) is 5.12. The van der Waals surface area contributed by atoms with Crippen LogP contribution in [0.1, 0.15) is 34.6 Å². The number of imide groups is 1. The predicted octanol–water partition coefficient (Wildman–Crippen LogP) is 1.43. The van der Waals surface area contributed by atoms with E-state index in [-0.39, 0.29) is 11.8 Å². The standard InChI is InChI=1S/C19H26N2O5/c1-13(2)16(19(24)20(9-11-25-3)10-12-26-4)21-17(22)14-7-5-6-8-15(14)18(21)23/h5-8,13,16H,9-12H2,1-4H3. The van der Waals surface area contributed by atoms with Crippen molar-refractivity contribution in [2.45, 2.75) is 19.9 Å². The minimum Gasteiger partial charge on any atom is -0.383 e. The minimum absolute atomic E-state index is 0.225. The van der Waals surface area contributed by atoms with Crippen LogP contribution < -0.4 is 0 Å². The van der Waals surface area contributed by atoms with Crippen LogP contribution in [0.2, 0.25) is 0 Å². The van der Waals surface area contributed by atoms with Crippen LogP contribution in [-0.4, -0.2) is 74.1 Å². The highest BCUT2D eigenvalue weighted by Gasteiger charge is 2.44. The maximum absolute atomic E-state index is 13.2. The second kappa shape index (κ2) is 8.91. The zero-order valence-electron chi connectivity index (χ0n) is 15.7. The number of carbonyl (C=O) groups excluding carboxylic acids is 3. The average Bonchev–Trinajstić information content (AvgIpc) is 2.87. The van der Waals surface area contributed by atoms with Gasteiger partial charge >= 0.3 is 0 Å². The fourth-order valence-electron chi connectivity index (χ4n) is 3.08. The van der Waals surface area contributed by atoms with Gasteiger partial charge in [0.25, 0.3) is 11.8 Å². The van der Waals surface area contributed by atoms with Crippen LogP contribution in [0.3, 0.4) is 0 Å². The molecule has 7 heteroatoms. The Morgan fingerprint density at radius 2 is 1.46 bits per heavy atom. The minimum atomic E-state index is -0.865. The highest BCUT2D eigenvalue weighted by Crippen LogP contribution is 2.28. The lowest BCUT2D eigenvalue weighted by Gasteiger charge is -2.33. The van der Waals surface area contributed by atoms with Crippen molar-refractivity contribution in [3.8, 4) is 0 Å². The van der Waals surface area contributed by atoms with Crippen molar-refractivity contribution >= 4 is 17.7 Å². The third kappa shape index (κ3) is 3.94. The Hall–Kier alpha value is -2.25. The quantitative estimate of drug-likeness (QED) is 0.621. The molecule has 0 fully saturated rings. The summed E-state index contributed by atoms with van der Waals surface area (Å²) in [7, 11) is 3.12. The Bertz CT molecular complexity index is 631. The van der Waals surface area contributed by atoms with E-state index < -0.39 is 17.9 Å². The first kappa shape index (κ1) is 20.1. The number of hydrogen-bond acceptors (Lipinski definition) is 5. The number of hydrogen-bond donors (Lipinski definition) is 0. The molecule has 1 aromatic rings. The number of carbonyl (C=O) groups is 3. The molecule has 0 radical (unpaired) electrons. The van der Waals surface area contributed by atoms with E-state index in [9.17, 15) is 14.4 Å². The molecule has 1 unspecified atom stereocenters. The second-order valence-corrected chi connectivity index (χ2v) is 6.53. The molecule has 1 aliphatic heterocycles. The molecule has 7 nitrogen and oxygen atoms in total. The Balaban J connectivity index is 2.31. The van der Waals surface area contributed by atoms with Gasteiger partial charge in [0, 0.05) is 27.3 Å². The van der Waals surface area contributed by atoms with Crippen LogP contribution >= 0.6 is 0 Å². The van der Waals surface area contributed by atoms with Crippen LogP contribution in [0.15, 0.2) is 24.3 Å². The summed E-state index contributed by atoms with van der Waals surface area (Å²) in [5.74, 6) is -1.34. The highest BCUT2D eigenvalue weighted by molar-refractivity contribution is 6.22. The van der Waals surface area contributed by atoms with E-state index >= 15 is 0 Å². The fraction of sp³-hybridized carbons (Fsp3) is 0.526. The van der Waals surface area contributed by atoms with E-state index in [2.05, 4.69) is 0 Å². The predicted molar refractivity (Wildman–Crippen MR) is 95.9 cm³/mol. The van der Waals surface area contributed by atoms with Crippen molar-refractivity contribution in [1.29, 1.82) is 0 Å². The molecule has 26 heavy (non-hydrogen) atoms. The molecule has 0 aromatic heterocycles. The van der Waals surface area contributed by atoms with E-state index in [4.69, 9.17) is 9.47 Å². The van der Waals surface area contributed by atoms with Crippen LogP contribution in [0, 0.1) is 5.92 Å². The van der Waals surface area contributed by atoms with Crippen LogP contribution in [0.4, 0.5) is 0 Å². The summed E-state index contributed by atoms with van der Waals surface area (Å²) >= 11 is 0. The first-order chi connectivity index (χ1) is 12.4. The van der Waals surface area contributed by atoms with Gasteiger partial charge in [-0.1, -0.05) is 26.0 Å². The number of fused-ring (bicyclic) bond motifs is 1. The van der Waals surface area contributed by atoms with E-state index in [0.29, 0.717) is 37.4 Å². The molecule has 0 aliphatic carbocycles. The van der Waals surface area contributed by atoms with Gasteiger partial charge in [-0.2, -0.15) is 0 Å². The van der Waals surface area contributed by atoms with Gasteiger partial charge in [-0.3, -0.25) is 19.3 Å². The molecular weight excluding hydrogens is 336 g/mol. The van der Waals surface area contributed by atoms with Crippen LogP contribution in [-0.2, 0) is 14.3 Å². The van der Waals surface area contributed by atoms with Gasteiger partial charge in [0.15, 0.2) is 0 Å². The van der Waals surface area contributed by atoms with Gasteiger partial charge in [-0.25, -0.2) is 0 Å². The molecule has 2 rings (SSSR count). The summed E-state index contributed by atoms with van der Waals surface area (Å²) in [5, 5.41) is 0. The zero-order chi connectivity index (χ0) is 19.3. The Morgan fingerprint density at radius 3 is 1.85 bits per heavy atom. The van der Waals surface area contributed by atoms with E-state index in [1.807, 2.05) is 13.8 Å². The van der Waals surface area contributed by atoms with Crippen molar-refractivity contribution in [2.75, 3.05) is 40.5 Å². The van der Waals surface area contributed by atoms with Crippen LogP contribution in [0.5, 0.6) is 0 Å². The number of ether oxygens (including phenoxy) is 2. The summed E-state index contributed by atoms with van der Waals surface area (Å²) in [6, 6.07) is 5.79. The molecule has 0 spiro atoms. The van der Waals surface area contributed by atoms with Gasteiger partial charge in [-0.05, 0) is 18.1 Å².